The molecule has 1 aromatic heterocycles. The van der Waals surface area contributed by atoms with E-state index in [-0.39, 0.29) is 23.9 Å². The molecule has 0 aliphatic carbocycles. The SMILES string of the molecule is CCC(=O)c1ccc2oc(=O)n(CCN3CCCCCC3)c2c1.Cl. The molecule has 24 heavy (non-hydrogen) atoms. The summed E-state index contributed by atoms with van der Waals surface area (Å²) >= 11 is 0. The second-order valence-electron chi connectivity index (χ2n) is 6.23. The largest absolute Gasteiger partial charge is 0.419 e. The predicted molar refractivity (Wildman–Crippen MR) is 97.3 cm³/mol. The maximum absolute atomic E-state index is 12.1. The molecular weight excluding hydrogens is 328 g/mol. The number of nitrogens with zero attached hydrogens (tertiary/aromatic N) is 2. The lowest BCUT2D eigenvalue weighted by molar-refractivity contribution is 0.0988. The molecule has 2 aromatic rings. The number of hydrogen-bond acceptors (Lipinski definition) is 4. The minimum absolute atomic E-state index is 0. The lowest BCUT2D eigenvalue weighted by Gasteiger charge is -2.19. The van der Waals surface area contributed by atoms with E-state index in [1.165, 1.54) is 25.7 Å². The van der Waals surface area contributed by atoms with Gasteiger partial charge in [-0.15, -0.1) is 12.4 Å². The van der Waals surface area contributed by atoms with Crippen LogP contribution >= 0.6 is 12.4 Å². The molecule has 132 valence electrons. The normalized spacial score (nSPS) is 15.9. The van der Waals surface area contributed by atoms with Crippen LogP contribution in [-0.2, 0) is 6.54 Å². The first kappa shape index (κ1) is 18.7. The van der Waals surface area contributed by atoms with Crippen LogP contribution in [0.1, 0.15) is 49.4 Å². The number of fused-ring (bicyclic) bond motifs is 1. The molecule has 1 aromatic carbocycles. The van der Waals surface area contributed by atoms with Gasteiger partial charge in [-0.3, -0.25) is 9.36 Å². The monoisotopic (exact) mass is 352 g/mol. The van der Waals surface area contributed by atoms with E-state index >= 15 is 0 Å². The molecule has 3 rings (SSSR count). The molecule has 1 fully saturated rings. The quantitative estimate of drug-likeness (QED) is 0.773. The average Bonchev–Trinajstić information content (AvgIpc) is 2.74. The standard InChI is InChI=1S/C18H24N2O3.ClH/c1-2-16(21)14-7-8-17-15(13-14)20(18(22)23-17)12-11-19-9-5-3-4-6-10-19;/h7-8,13H,2-6,9-12H2,1H3;1H. The van der Waals surface area contributed by atoms with Crippen LogP contribution in [-0.4, -0.2) is 34.9 Å². The second kappa shape index (κ2) is 8.49. The number of ketones is 1. The minimum atomic E-state index is -0.337. The van der Waals surface area contributed by atoms with E-state index in [0.717, 1.165) is 25.2 Å². The van der Waals surface area contributed by atoms with Crippen molar-refractivity contribution in [3.8, 4) is 0 Å². The zero-order valence-corrected chi connectivity index (χ0v) is 14.9. The van der Waals surface area contributed by atoms with Gasteiger partial charge < -0.3 is 9.32 Å². The molecule has 6 heteroatoms. The average molecular weight is 353 g/mol. The van der Waals surface area contributed by atoms with Crippen molar-refractivity contribution in [2.24, 2.45) is 0 Å². The molecule has 0 amide bonds. The van der Waals surface area contributed by atoms with Gasteiger partial charge in [0.25, 0.3) is 0 Å². The smallest absolute Gasteiger partial charge is 0.408 e. The highest BCUT2D eigenvalue weighted by molar-refractivity contribution is 5.98. The van der Waals surface area contributed by atoms with Crippen LogP contribution in [0.25, 0.3) is 11.1 Å². The molecule has 0 saturated carbocycles. The number of oxazole rings is 1. The highest BCUT2D eigenvalue weighted by atomic mass is 35.5. The fourth-order valence-electron chi connectivity index (χ4n) is 3.25. The number of rotatable bonds is 5. The van der Waals surface area contributed by atoms with Crippen LogP contribution in [0.4, 0.5) is 0 Å². The van der Waals surface area contributed by atoms with Gasteiger partial charge in [-0.25, -0.2) is 4.79 Å². The van der Waals surface area contributed by atoms with Gasteiger partial charge in [-0.2, -0.15) is 0 Å². The predicted octanol–water partition coefficient (Wildman–Crippen LogP) is 3.49. The maximum Gasteiger partial charge on any atom is 0.419 e. The van der Waals surface area contributed by atoms with Crippen molar-refractivity contribution in [1.29, 1.82) is 0 Å². The van der Waals surface area contributed by atoms with E-state index in [0.29, 0.717) is 24.1 Å². The van der Waals surface area contributed by atoms with Crippen LogP contribution in [0.5, 0.6) is 0 Å². The summed E-state index contributed by atoms with van der Waals surface area (Å²) < 4.78 is 6.97. The molecule has 0 unspecified atom stereocenters. The Labute approximate surface area is 148 Å². The Hall–Kier alpha value is -1.59. The highest BCUT2D eigenvalue weighted by Crippen LogP contribution is 2.17. The number of carbonyl (C=O) groups is 1. The summed E-state index contributed by atoms with van der Waals surface area (Å²) in [6.45, 7) is 5.50. The number of hydrogen-bond donors (Lipinski definition) is 0. The van der Waals surface area contributed by atoms with Crippen molar-refractivity contribution in [2.75, 3.05) is 19.6 Å². The summed E-state index contributed by atoms with van der Waals surface area (Å²) in [6.07, 6.45) is 5.52. The molecular formula is C18H25ClN2O3. The third kappa shape index (κ3) is 4.08. The van der Waals surface area contributed by atoms with E-state index in [1.807, 2.05) is 6.92 Å². The van der Waals surface area contributed by atoms with Crippen molar-refractivity contribution in [1.82, 2.24) is 9.47 Å². The molecule has 0 radical (unpaired) electrons. The summed E-state index contributed by atoms with van der Waals surface area (Å²) in [5.41, 5.74) is 1.92. The Morgan fingerprint density at radius 3 is 2.50 bits per heavy atom. The third-order valence-corrected chi connectivity index (χ3v) is 4.65. The summed E-state index contributed by atoms with van der Waals surface area (Å²) in [7, 11) is 0. The van der Waals surface area contributed by atoms with E-state index in [9.17, 15) is 9.59 Å². The molecule has 2 heterocycles. The molecule has 1 aliphatic heterocycles. The molecule has 0 atom stereocenters. The molecule has 1 saturated heterocycles. The van der Waals surface area contributed by atoms with Crippen molar-refractivity contribution < 1.29 is 9.21 Å². The van der Waals surface area contributed by atoms with Crippen LogP contribution < -0.4 is 5.76 Å². The first-order chi connectivity index (χ1) is 11.2. The number of benzene rings is 1. The van der Waals surface area contributed by atoms with Gasteiger partial charge in [-0.1, -0.05) is 19.8 Å². The van der Waals surface area contributed by atoms with Crippen molar-refractivity contribution >= 4 is 29.3 Å². The van der Waals surface area contributed by atoms with Gasteiger partial charge in [-0.05, 0) is 44.1 Å². The Balaban J connectivity index is 0.00000208. The molecule has 0 spiro atoms. The first-order valence-electron chi connectivity index (χ1n) is 8.58. The van der Waals surface area contributed by atoms with Gasteiger partial charge in [0.05, 0.1) is 5.52 Å². The van der Waals surface area contributed by atoms with Crippen LogP contribution in [0, 0.1) is 0 Å². The summed E-state index contributed by atoms with van der Waals surface area (Å²) in [6, 6.07) is 5.24. The first-order valence-corrected chi connectivity index (χ1v) is 8.58. The zero-order chi connectivity index (χ0) is 16.2. The van der Waals surface area contributed by atoms with E-state index < -0.39 is 0 Å². The van der Waals surface area contributed by atoms with Crippen molar-refractivity contribution in [3.63, 3.8) is 0 Å². The molecule has 0 N–H and O–H groups in total. The van der Waals surface area contributed by atoms with Gasteiger partial charge >= 0.3 is 5.76 Å². The number of likely N-dealkylation sites (tertiary alicyclic amines) is 1. The molecule has 0 bridgehead atoms. The van der Waals surface area contributed by atoms with Gasteiger partial charge in [0.2, 0.25) is 0 Å². The number of carbonyl (C=O) groups excluding carboxylic acids is 1. The van der Waals surface area contributed by atoms with Crippen molar-refractivity contribution in [3.05, 3.63) is 34.3 Å². The second-order valence-corrected chi connectivity index (χ2v) is 6.23. The van der Waals surface area contributed by atoms with Gasteiger partial charge in [0.15, 0.2) is 11.4 Å². The van der Waals surface area contributed by atoms with E-state index in [2.05, 4.69) is 4.90 Å². The van der Waals surface area contributed by atoms with E-state index in [1.54, 1.807) is 22.8 Å². The Morgan fingerprint density at radius 1 is 1.12 bits per heavy atom. The third-order valence-electron chi connectivity index (χ3n) is 4.65. The fourth-order valence-corrected chi connectivity index (χ4v) is 3.25. The number of aromatic nitrogens is 1. The number of halogens is 1. The topological polar surface area (TPSA) is 55.5 Å². The van der Waals surface area contributed by atoms with Gasteiger partial charge in [0, 0.05) is 25.1 Å². The maximum atomic E-state index is 12.1. The summed E-state index contributed by atoms with van der Waals surface area (Å²) in [4.78, 5) is 26.4. The van der Waals surface area contributed by atoms with Crippen LogP contribution in [0.15, 0.2) is 27.4 Å². The number of Topliss-reactive ketones (excluding diaryl/α,β-unsaturated/α-hetero) is 1. The Bertz CT molecular complexity index is 742. The Morgan fingerprint density at radius 2 is 1.83 bits per heavy atom. The summed E-state index contributed by atoms with van der Waals surface area (Å²) in [5, 5.41) is 0. The van der Waals surface area contributed by atoms with Gasteiger partial charge in [0.1, 0.15) is 0 Å². The summed E-state index contributed by atoms with van der Waals surface area (Å²) in [5.74, 6) is -0.254. The lowest BCUT2D eigenvalue weighted by atomic mass is 10.1. The zero-order valence-electron chi connectivity index (χ0n) is 14.1. The minimum Gasteiger partial charge on any atom is -0.408 e. The Kier molecular flexibility index (Phi) is 6.63. The molecule has 5 nitrogen and oxygen atoms in total. The molecule has 1 aliphatic rings. The fraction of sp³-hybridized carbons (Fsp3) is 0.556. The van der Waals surface area contributed by atoms with Crippen LogP contribution in [0.3, 0.4) is 0 Å². The van der Waals surface area contributed by atoms with Crippen molar-refractivity contribution in [2.45, 2.75) is 45.6 Å². The highest BCUT2D eigenvalue weighted by Gasteiger charge is 2.14. The lowest BCUT2D eigenvalue weighted by Crippen LogP contribution is -2.30. The van der Waals surface area contributed by atoms with E-state index in [4.69, 9.17) is 4.42 Å². The van der Waals surface area contributed by atoms with Crippen LogP contribution in [0.2, 0.25) is 0 Å².